The molecule has 214 valence electrons. The summed E-state index contributed by atoms with van der Waals surface area (Å²) in [6, 6.07) is 20.5. The average Bonchev–Trinajstić information content (AvgIpc) is 2.95. The van der Waals surface area contributed by atoms with Gasteiger partial charge in [0.1, 0.15) is 11.9 Å². The monoisotopic (exact) mass is 567 g/mol. The van der Waals surface area contributed by atoms with Crippen molar-refractivity contribution >= 4 is 21.6 Å². The molecule has 0 fully saturated rings. The van der Waals surface area contributed by atoms with Gasteiger partial charge in [0.2, 0.25) is 0 Å². The molecule has 3 aromatic rings. The maximum atomic E-state index is 13.7. The maximum Gasteiger partial charge on any atom is 0.262 e. The topological polar surface area (TPSA) is 108 Å². The molecule has 0 aliphatic carbocycles. The number of anilines is 1. The van der Waals surface area contributed by atoms with Crippen LogP contribution < -0.4 is 14.2 Å². The van der Waals surface area contributed by atoms with Crippen LogP contribution >= 0.6 is 0 Å². The van der Waals surface area contributed by atoms with Gasteiger partial charge in [0.25, 0.3) is 15.9 Å². The van der Waals surface area contributed by atoms with E-state index >= 15 is 0 Å². The molecule has 0 radical (unpaired) electrons. The average molecular weight is 568 g/mol. The van der Waals surface area contributed by atoms with Crippen LogP contribution in [0.15, 0.2) is 77.7 Å². The zero-order valence-corrected chi connectivity index (χ0v) is 24.1. The summed E-state index contributed by atoms with van der Waals surface area (Å²) in [5, 5.41) is 9.91. The highest BCUT2D eigenvalue weighted by molar-refractivity contribution is 7.92. The molecule has 0 aromatic heterocycles. The Kier molecular flexibility index (Phi) is 9.34. The maximum absolute atomic E-state index is 13.7. The highest BCUT2D eigenvalue weighted by Crippen LogP contribution is 2.36. The molecule has 3 aromatic carbocycles. The third kappa shape index (κ3) is 6.75. The van der Waals surface area contributed by atoms with Gasteiger partial charge < -0.3 is 19.5 Å². The van der Waals surface area contributed by atoms with Crippen molar-refractivity contribution in [3.8, 4) is 11.5 Å². The van der Waals surface area contributed by atoms with E-state index in [0.29, 0.717) is 25.4 Å². The summed E-state index contributed by atoms with van der Waals surface area (Å²) in [6.45, 7) is 5.20. The molecule has 4 rings (SSSR count). The Hall–Kier alpha value is -3.60. The molecule has 1 heterocycles. The minimum Gasteiger partial charge on any atom is -0.497 e. The molecule has 9 nitrogen and oxygen atoms in total. The van der Waals surface area contributed by atoms with Crippen LogP contribution in [-0.4, -0.2) is 75.2 Å². The van der Waals surface area contributed by atoms with Crippen LogP contribution in [0.5, 0.6) is 11.5 Å². The van der Waals surface area contributed by atoms with Crippen LogP contribution in [0.4, 0.5) is 5.69 Å². The van der Waals surface area contributed by atoms with Crippen molar-refractivity contribution in [1.29, 1.82) is 0 Å². The Morgan fingerprint density at radius 3 is 2.45 bits per heavy atom. The van der Waals surface area contributed by atoms with Crippen LogP contribution in [0.3, 0.4) is 0 Å². The Morgan fingerprint density at radius 2 is 1.80 bits per heavy atom. The molecule has 2 N–H and O–H groups in total. The third-order valence-corrected chi connectivity index (χ3v) is 8.47. The number of carbonyl (C=O) groups is 1. The molecule has 1 aliphatic rings. The van der Waals surface area contributed by atoms with Gasteiger partial charge in [-0.25, -0.2) is 8.42 Å². The predicted octanol–water partition coefficient (Wildman–Crippen LogP) is 3.85. The van der Waals surface area contributed by atoms with Gasteiger partial charge in [0, 0.05) is 25.6 Å². The van der Waals surface area contributed by atoms with Gasteiger partial charge in [0.05, 0.1) is 35.9 Å². The SMILES string of the molecule is COc1ccc(S(=O)(=O)Nc2cccc3c2O[C@@H](CN(C)Cc2ccccc2)[C@@H](C)CN([C@@H](C)CO)C3=O)cc1. The van der Waals surface area contributed by atoms with Gasteiger partial charge in [-0.2, -0.15) is 0 Å². The number of aliphatic hydroxyl groups is 1. The number of aliphatic hydroxyl groups excluding tert-OH is 1. The predicted molar refractivity (Wildman–Crippen MR) is 154 cm³/mol. The van der Waals surface area contributed by atoms with Crippen molar-refractivity contribution in [2.75, 3.05) is 38.6 Å². The Labute approximate surface area is 236 Å². The number of hydrogen-bond donors (Lipinski definition) is 2. The number of hydrogen-bond acceptors (Lipinski definition) is 7. The standard InChI is InChI=1S/C30H37N3O6S/c1-21-17-33(22(2)20-34)30(35)26-11-8-12-27(31-40(36,37)25-15-13-24(38-4)14-16-25)29(26)39-28(21)19-32(3)18-23-9-6-5-7-10-23/h5-16,21-22,28,31,34H,17-20H2,1-4H3/t21-,22-,28-/m0/s1. The number of methoxy groups -OCH3 is 1. The van der Waals surface area contributed by atoms with Crippen molar-refractivity contribution in [3.63, 3.8) is 0 Å². The highest BCUT2D eigenvalue weighted by Gasteiger charge is 2.35. The molecule has 0 unspecified atom stereocenters. The van der Waals surface area contributed by atoms with Crippen molar-refractivity contribution in [2.45, 2.75) is 37.4 Å². The first-order chi connectivity index (χ1) is 19.1. The summed E-state index contributed by atoms with van der Waals surface area (Å²) >= 11 is 0. The first kappa shape index (κ1) is 29.4. The van der Waals surface area contributed by atoms with E-state index in [9.17, 15) is 18.3 Å². The number of amides is 1. The van der Waals surface area contributed by atoms with E-state index in [0.717, 1.165) is 5.56 Å². The number of benzene rings is 3. The molecule has 1 aliphatic heterocycles. The first-order valence-corrected chi connectivity index (χ1v) is 14.7. The van der Waals surface area contributed by atoms with E-state index < -0.39 is 16.1 Å². The molecular formula is C30H37N3O6S. The molecule has 1 amide bonds. The lowest BCUT2D eigenvalue weighted by atomic mass is 9.99. The molecule has 3 atom stereocenters. The number of fused-ring (bicyclic) bond motifs is 1. The number of likely N-dealkylation sites (N-methyl/N-ethyl adjacent to an activating group) is 1. The van der Waals surface area contributed by atoms with E-state index in [1.165, 1.54) is 19.2 Å². The van der Waals surface area contributed by atoms with Gasteiger partial charge in [-0.05, 0) is 55.9 Å². The van der Waals surface area contributed by atoms with Crippen molar-refractivity contribution in [2.24, 2.45) is 5.92 Å². The fraction of sp³-hybridized carbons (Fsp3) is 0.367. The van der Waals surface area contributed by atoms with Crippen LogP contribution in [0.1, 0.15) is 29.8 Å². The Morgan fingerprint density at radius 1 is 1.10 bits per heavy atom. The summed E-state index contributed by atoms with van der Waals surface area (Å²) in [6.07, 6.45) is -0.374. The van der Waals surface area contributed by atoms with Gasteiger partial charge in [-0.15, -0.1) is 0 Å². The fourth-order valence-electron chi connectivity index (χ4n) is 4.77. The second-order valence-electron chi connectivity index (χ2n) is 10.3. The molecule has 10 heteroatoms. The second-order valence-corrected chi connectivity index (χ2v) is 12.0. The quantitative estimate of drug-likeness (QED) is 0.383. The number of nitrogens with zero attached hydrogens (tertiary/aromatic N) is 2. The van der Waals surface area contributed by atoms with Gasteiger partial charge >= 0.3 is 0 Å². The van der Waals surface area contributed by atoms with E-state index in [1.807, 2.05) is 32.2 Å². The summed E-state index contributed by atoms with van der Waals surface area (Å²) < 4.78 is 41.0. The number of para-hydroxylation sites is 1. The van der Waals surface area contributed by atoms with E-state index in [4.69, 9.17) is 9.47 Å². The third-order valence-electron chi connectivity index (χ3n) is 7.09. The molecule has 0 spiro atoms. The van der Waals surface area contributed by atoms with Gasteiger partial charge in [-0.3, -0.25) is 14.4 Å². The minimum atomic E-state index is -4.00. The van der Waals surface area contributed by atoms with Crippen LogP contribution in [0.2, 0.25) is 0 Å². The second kappa shape index (κ2) is 12.7. The lowest BCUT2D eigenvalue weighted by Crippen LogP contribution is -2.49. The normalized spacial score (nSPS) is 18.4. The van der Waals surface area contributed by atoms with Crippen molar-refractivity contribution < 1.29 is 27.8 Å². The first-order valence-electron chi connectivity index (χ1n) is 13.2. The zero-order chi connectivity index (χ0) is 28.9. The molecular weight excluding hydrogens is 530 g/mol. The van der Waals surface area contributed by atoms with Gasteiger partial charge in [-0.1, -0.05) is 43.3 Å². The number of nitrogens with one attached hydrogen (secondary N) is 1. The summed E-state index contributed by atoms with van der Waals surface area (Å²) in [5.41, 5.74) is 1.56. The molecule has 0 saturated carbocycles. The number of carbonyl (C=O) groups excluding carboxylic acids is 1. The van der Waals surface area contributed by atoms with Crippen LogP contribution in [0, 0.1) is 5.92 Å². The van der Waals surface area contributed by atoms with E-state index in [-0.39, 0.29) is 46.4 Å². The van der Waals surface area contributed by atoms with E-state index in [1.54, 1.807) is 42.2 Å². The van der Waals surface area contributed by atoms with Crippen molar-refractivity contribution in [1.82, 2.24) is 9.80 Å². The molecule has 0 bridgehead atoms. The Balaban J connectivity index is 1.70. The van der Waals surface area contributed by atoms with Crippen LogP contribution in [-0.2, 0) is 16.6 Å². The summed E-state index contributed by atoms with van der Waals surface area (Å²) in [4.78, 5) is 17.5. The fourth-order valence-corrected chi connectivity index (χ4v) is 5.83. The van der Waals surface area contributed by atoms with Crippen molar-refractivity contribution in [3.05, 3.63) is 83.9 Å². The van der Waals surface area contributed by atoms with E-state index in [2.05, 4.69) is 21.8 Å². The minimum absolute atomic E-state index is 0.0473. The van der Waals surface area contributed by atoms with Gasteiger partial charge in [0.15, 0.2) is 5.75 Å². The Bertz CT molecular complexity index is 1400. The summed E-state index contributed by atoms with van der Waals surface area (Å²) in [5.74, 6) is 0.261. The van der Waals surface area contributed by atoms with Crippen LogP contribution in [0.25, 0.3) is 0 Å². The lowest BCUT2D eigenvalue weighted by molar-refractivity contribution is 0.0344. The molecule has 40 heavy (non-hydrogen) atoms. The zero-order valence-electron chi connectivity index (χ0n) is 23.3. The number of sulfonamides is 1. The largest absolute Gasteiger partial charge is 0.497 e. The number of rotatable bonds is 10. The highest BCUT2D eigenvalue weighted by atomic mass is 32.2. The summed E-state index contributed by atoms with van der Waals surface area (Å²) in [7, 11) is -0.493. The smallest absolute Gasteiger partial charge is 0.262 e. The lowest BCUT2D eigenvalue weighted by Gasteiger charge is -2.38. The number of ether oxygens (including phenoxy) is 2. The molecule has 0 saturated heterocycles.